The van der Waals surface area contributed by atoms with Crippen molar-refractivity contribution < 1.29 is 4.79 Å². The van der Waals surface area contributed by atoms with Crippen LogP contribution in [-0.2, 0) is 4.79 Å². The monoisotopic (exact) mass is 198 g/mol. The summed E-state index contributed by atoms with van der Waals surface area (Å²) in [6.45, 7) is 2.09. The maximum absolute atomic E-state index is 11.5. The third-order valence-electron chi connectivity index (χ3n) is 2.83. The molecule has 3 heteroatoms. The first-order valence-electron chi connectivity index (χ1n) is 5.77. The molecule has 0 saturated heterocycles. The Hall–Kier alpha value is -0.570. The molecule has 0 radical (unpaired) electrons. The molecule has 1 aliphatic rings. The van der Waals surface area contributed by atoms with Gasteiger partial charge in [-0.3, -0.25) is 4.79 Å². The van der Waals surface area contributed by atoms with E-state index in [0.29, 0.717) is 12.5 Å². The molecular formula is C11H22N2O. The highest BCUT2D eigenvalue weighted by Gasteiger charge is 2.17. The fourth-order valence-corrected chi connectivity index (χ4v) is 2.07. The van der Waals surface area contributed by atoms with Crippen molar-refractivity contribution >= 4 is 5.91 Å². The zero-order chi connectivity index (χ0) is 10.4. The summed E-state index contributed by atoms with van der Waals surface area (Å²) in [7, 11) is 0. The van der Waals surface area contributed by atoms with E-state index < -0.39 is 0 Å². The quantitative estimate of drug-likeness (QED) is 0.704. The summed E-state index contributed by atoms with van der Waals surface area (Å²) in [4.78, 5) is 11.5. The highest BCUT2D eigenvalue weighted by molar-refractivity contribution is 5.76. The number of hydrogen-bond donors (Lipinski definition) is 2. The molecule has 1 rings (SSSR count). The van der Waals surface area contributed by atoms with Gasteiger partial charge in [-0.2, -0.15) is 0 Å². The van der Waals surface area contributed by atoms with Crippen LogP contribution in [0.4, 0.5) is 0 Å². The first kappa shape index (κ1) is 11.5. The van der Waals surface area contributed by atoms with E-state index in [1.54, 1.807) is 0 Å². The Kier molecular flexibility index (Phi) is 4.94. The third kappa shape index (κ3) is 4.09. The van der Waals surface area contributed by atoms with Crippen LogP contribution in [0, 0.1) is 0 Å². The lowest BCUT2D eigenvalue weighted by Gasteiger charge is -2.14. The first-order valence-corrected chi connectivity index (χ1v) is 5.77. The number of rotatable bonds is 5. The van der Waals surface area contributed by atoms with Crippen LogP contribution in [0.5, 0.6) is 0 Å². The molecule has 1 unspecified atom stereocenters. The van der Waals surface area contributed by atoms with Crippen LogP contribution in [0.15, 0.2) is 0 Å². The Morgan fingerprint density at radius 3 is 2.71 bits per heavy atom. The van der Waals surface area contributed by atoms with Crippen LogP contribution in [0.1, 0.15) is 51.9 Å². The molecular weight excluding hydrogens is 176 g/mol. The molecule has 3 N–H and O–H groups in total. The Morgan fingerprint density at radius 2 is 2.14 bits per heavy atom. The lowest BCUT2D eigenvalue weighted by molar-refractivity contribution is -0.122. The van der Waals surface area contributed by atoms with Gasteiger partial charge in [0.1, 0.15) is 0 Å². The second-order valence-corrected chi connectivity index (χ2v) is 4.30. The van der Waals surface area contributed by atoms with E-state index >= 15 is 0 Å². The third-order valence-corrected chi connectivity index (χ3v) is 2.83. The molecule has 1 fully saturated rings. The highest BCUT2D eigenvalue weighted by Crippen LogP contribution is 2.17. The number of carbonyl (C=O) groups excluding carboxylic acids is 1. The summed E-state index contributed by atoms with van der Waals surface area (Å²) < 4.78 is 0. The average molecular weight is 198 g/mol. The van der Waals surface area contributed by atoms with E-state index in [0.717, 1.165) is 25.7 Å². The van der Waals surface area contributed by atoms with Crippen LogP contribution in [0.2, 0.25) is 0 Å². The zero-order valence-corrected chi connectivity index (χ0v) is 9.09. The fourth-order valence-electron chi connectivity index (χ4n) is 2.07. The lowest BCUT2D eigenvalue weighted by atomic mass is 10.1. The van der Waals surface area contributed by atoms with E-state index in [9.17, 15) is 4.79 Å². The summed E-state index contributed by atoms with van der Waals surface area (Å²) in [5, 5.41) is 3.05. The molecule has 0 aromatic heterocycles. The lowest BCUT2D eigenvalue weighted by Crippen LogP contribution is -2.36. The molecule has 0 aromatic carbocycles. The molecule has 0 heterocycles. The van der Waals surface area contributed by atoms with Gasteiger partial charge >= 0.3 is 0 Å². The van der Waals surface area contributed by atoms with Crippen molar-refractivity contribution in [1.82, 2.24) is 5.32 Å². The molecule has 82 valence electrons. The number of carbonyl (C=O) groups is 1. The predicted octanol–water partition coefficient (Wildman–Crippen LogP) is 1.56. The van der Waals surface area contributed by atoms with E-state index in [-0.39, 0.29) is 11.9 Å². The van der Waals surface area contributed by atoms with E-state index in [1.807, 2.05) is 0 Å². The molecule has 0 bridgehead atoms. The molecule has 0 spiro atoms. The minimum atomic E-state index is 0.0430. The van der Waals surface area contributed by atoms with Gasteiger partial charge in [-0.15, -0.1) is 0 Å². The second kappa shape index (κ2) is 6.02. The van der Waals surface area contributed by atoms with E-state index in [1.165, 1.54) is 12.8 Å². The van der Waals surface area contributed by atoms with Crippen molar-refractivity contribution in [1.29, 1.82) is 0 Å². The Bertz CT molecular complexity index is 176. The topological polar surface area (TPSA) is 55.1 Å². The zero-order valence-electron chi connectivity index (χ0n) is 9.09. The number of nitrogens with two attached hydrogens (primary N) is 1. The normalized spacial score (nSPS) is 19.6. The van der Waals surface area contributed by atoms with Crippen molar-refractivity contribution in [3.8, 4) is 0 Å². The number of amides is 1. The van der Waals surface area contributed by atoms with Gasteiger partial charge in [0.15, 0.2) is 0 Å². The molecule has 0 aromatic rings. The van der Waals surface area contributed by atoms with Gasteiger partial charge in [-0.05, 0) is 19.3 Å². The van der Waals surface area contributed by atoms with Crippen molar-refractivity contribution in [3.05, 3.63) is 0 Å². The molecule has 1 saturated carbocycles. The summed E-state index contributed by atoms with van der Waals surface area (Å²) >= 11 is 0. The summed E-state index contributed by atoms with van der Waals surface area (Å²) in [5.74, 6) is 0.137. The minimum Gasteiger partial charge on any atom is -0.353 e. The van der Waals surface area contributed by atoms with Gasteiger partial charge in [0.25, 0.3) is 0 Å². The standard InChI is InChI=1S/C11H22N2O/c1-2-5-9(12)8-11(14)13-10-6-3-4-7-10/h9-10H,2-8,12H2,1H3,(H,13,14). The molecule has 1 amide bonds. The Labute approximate surface area is 86.4 Å². The molecule has 1 atom stereocenters. The van der Waals surface area contributed by atoms with Crippen molar-refractivity contribution in [2.45, 2.75) is 64.0 Å². The summed E-state index contributed by atoms with van der Waals surface area (Å²) in [6, 6.07) is 0.470. The van der Waals surface area contributed by atoms with E-state index in [4.69, 9.17) is 5.73 Å². The van der Waals surface area contributed by atoms with Crippen LogP contribution < -0.4 is 11.1 Å². The molecule has 14 heavy (non-hydrogen) atoms. The van der Waals surface area contributed by atoms with Gasteiger partial charge in [0.05, 0.1) is 0 Å². The van der Waals surface area contributed by atoms with Crippen molar-refractivity contribution in [3.63, 3.8) is 0 Å². The van der Waals surface area contributed by atoms with Crippen molar-refractivity contribution in [2.75, 3.05) is 0 Å². The first-order chi connectivity index (χ1) is 6.72. The fraction of sp³-hybridized carbons (Fsp3) is 0.909. The summed E-state index contributed by atoms with van der Waals surface area (Å²) in [6.07, 6.45) is 7.29. The highest BCUT2D eigenvalue weighted by atomic mass is 16.1. The SMILES string of the molecule is CCCC(N)CC(=O)NC1CCCC1. The Balaban J connectivity index is 2.14. The van der Waals surface area contributed by atoms with Gasteiger partial charge in [-0.1, -0.05) is 26.2 Å². The maximum Gasteiger partial charge on any atom is 0.221 e. The largest absolute Gasteiger partial charge is 0.353 e. The average Bonchev–Trinajstić information content (AvgIpc) is 2.56. The van der Waals surface area contributed by atoms with Crippen LogP contribution in [-0.4, -0.2) is 18.0 Å². The van der Waals surface area contributed by atoms with Crippen LogP contribution >= 0.6 is 0 Å². The summed E-state index contributed by atoms with van der Waals surface area (Å²) in [5.41, 5.74) is 5.80. The van der Waals surface area contributed by atoms with E-state index in [2.05, 4.69) is 12.2 Å². The van der Waals surface area contributed by atoms with Gasteiger partial charge in [0.2, 0.25) is 5.91 Å². The second-order valence-electron chi connectivity index (χ2n) is 4.30. The molecule has 0 aliphatic heterocycles. The Morgan fingerprint density at radius 1 is 1.50 bits per heavy atom. The van der Waals surface area contributed by atoms with Crippen LogP contribution in [0.25, 0.3) is 0 Å². The predicted molar refractivity (Wildman–Crippen MR) is 57.9 cm³/mol. The smallest absolute Gasteiger partial charge is 0.221 e. The minimum absolute atomic E-state index is 0.0430. The molecule has 1 aliphatic carbocycles. The van der Waals surface area contributed by atoms with Gasteiger partial charge in [-0.25, -0.2) is 0 Å². The maximum atomic E-state index is 11.5. The van der Waals surface area contributed by atoms with Crippen LogP contribution in [0.3, 0.4) is 0 Å². The van der Waals surface area contributed by atoms with Gasteiger partial charge in [0, 0.05) is 18.5 Å². The number of nitrogens with one attached hydrogen (secondary N) is 1. The van der Waals surface area contributed by atoms with Crippen molar-refractivity contribution in [2.24, 2.45) is 5.73 Å². The van der Waals surface area contributed by atoms with Gasteiger partial charge < -0.3 is 11.1 Å². The molecule has 3 nitrogen and oxygen atoms in total. The number of hydrogen-bond acceptors (Lipinski definition) is 2.